The second-order valence-electron chi connectivity index (χ2n) is 5.72. The summed E-state index contributed by atoms with van der Waals surface area (Å²) in [6.07, 6.45) is 0. The Morgan fingerprint density at radius 1 is 1.00 bits per heavy atom. The minimum Gasteiger partial charge on any atom is -0.399 e. The van der Waals surface area contributed by atoms with Crippen molar-refractivity contribution < 1.29 is 9.31 Å². The lowest BCUT2D eigenvalue weighted by Crippen LogP contribution is -2.41. The third-order valence-electron chi connectivity index (χ3n) is 3.68. The summed E-state index contributed by atoms with van der Waals surface area (Å²) >= 11 is 0. The van der Waals surface area contributed by atoms with Gasteiger partial charge in [0.2, 0.25) is 0 Å². The molecule has 0 saturated carbocycles. The van der Waals surface area contributed by atoms with Crippen LogP contribution in [0.3, 0.4) is 0 Å². The third kappa shape index (κ3) is 2.74. The molecule has 5 nitrogen and oxygen atoms in total. The Morgan fingerprint density at radius 3 is 1.89 bits per heavy atom. The van der Waals surface area contributed by atoms with E-state index in [2.05, 4.69) is 4.99 Å². The van der Waals surface area contributed by atoms with Gasteiger partial charge in [0.1, 0.15) is 0 Å². The first-order valence-electron chi connectivity index (χ1n) is 6.26. The number of rotatable bonds is 2. The van der Waals surface area contributed by atoms with Crippen LogP contribution >= 0.6 is 0 Å². The van der Waals surface area contributed by atoms with Crippen LogP contribution in [0.2, 0.25) is 0 Å². The standard InChI is InChI=1S/C13H20BN3O2/c1-12(2)13(3,4)19-14(18-12)9-5-7-10(8-6-9)17-11(15)16/h5-8H,1-4H3,(H4,15,16,17). The molecule has 1 heterocycles. The molecule has 1 fully saturated rings. The molecule has 0 spiro atoms. The maximum atomic E-state index is 5.96. The number of guanidine groups is 1. The van der Waals surface area contributed by atoms with Gasteiger partial charge in [0.25, 0.3) is 0 Å². The van der Waals surface area contributed by atoms with Crippen LogP contribution in [-0.2, 0) is 9.31 Å². The van der Waals surface area contributed by atoms with Gasteiger partial charge in [-0.2, -0.15) is 0 Å². The second-order valence-corrected chi connectivity index (χ2v) is 5.72. The summed E-state index contributed by atoms with van der Waals surface area (Å²) in [5.74, 6) is 0.0448. The first-order chi connectivity index (χ1) is 8.71. The van der Waals surface area contributed by atoms with Crippen LogP contribution in [-0.4, -0.2) is 24.3 Å². The first kappa shape index (κ1) is 13.9. The fourth-order valence-electron chi connectivity index (χ4n) is 1.83. The topological polar surface area (TPSA) is 82.9 Å². The van der Waals surface area contributed by atoms with E-state index in [-0.39, 0.29) is 24.3 Å². The minimum absolute atomic E-state index is 0.0448. The molecule has 1 saturated heterocycles. The fraction of sp³-hybridized carbons (Fsp3) is 0.462. The van der Waals surface area contributed by atoms with Gasteiger partial charge in [-0.05, 0) is 45.3 Å². The van der Waals surface area contributed by atoms with Gasteiger partial charge in [-0.15, -0.1) is 0 Å². The van der Waals surface area contributed by atoms with Crippen molar-refractivity contribution in [1.82, 2.24) is 0 Å². The van der Waals surface area contributed by atoms with Gasteiger partial charge >= 0.3 is 7.12 Å². The molecule has 1 aliphatic heterocycles. The SMILES string of the molecule is CC1(C)OB(c2ccc(N=C(N)N)cc2)OC1(C)C. The Morgan fingerprint density at radius 2 is 1.47 bits per heavy atom. The van der Waals surface area contributed by atoms with Gasteiger partial charge in [0.05, 0.1) is 16.9 Å². The van der Waals surface area contributed by atoms with Crippen LogP contribution in [0.5, 0.6) is 0 Å². The zero-order chi connectivity index (χ0) is 14.3. The van der Waals surface area contributed by atoms with E-state index in [1.165, 1.54) is 0 Å². The van der Waals surface area contributed by atoms with Gasteiger partial charge in [-0.25, -0.2) is 4.99 Å². The molecule has 0 bridgehead atoms. The Bertz CT molecular complexity index is 477. The van der Waals surface area contributed by atoms with Gasteiger partial charge in [0, 0.05) is 0 Å². The number of nitrogens with zero attached hydrogens (tertiary/aromatic N) is 1. The van der Waals surface area contributed by atoms with Crippen LogP contribution in [0.25, 0.3) is 0 Å². The van der Waals surface area contributed by atoms with E-state index >= 15 is 0 Å². The smallest absolute Gasteiger partial charge is 0.399 e. The molecular weight excluding hydrogens is 241 g/mol. The average molecular weight is 261 g/mol. The summed E-state index contributed by atoms with van der Waals surface area (Å²) in [5.41, 5.74) is 11.7. The van der Waals surface area contributed by atoms with E-state index in [9.17, 15) is 0 Å². The Labute approximate surface area is 114 Å². The quantitative estimate of drug-likeness (QED) is 0.470. The lowest BCUT2D eigenvalue weighted by Gasteiger charge is -2.32. The monoisotopic (exact) mass is 261 g/mol. The molecule has 0 amide bonds. The van der Waals surface area contributed by atoms with Crippen molar-refractivity contribution in [2.24, 2.45) is 16.5 Å². The molecule has 0 aliphatic carbocycles. The largest absolute Gasteiger partial charge is 0.494 e. The summed E-state index contributed by atoms with van der Waals surface area (Å²) in [6, 6.07) is 7.48. The molecule has 0 unspecified atom stereocenters. The van der Waals surface area contributed by atoms with Crippen molar-refractivity contribution in [3.8, 4) is 0 Å². The maximum Gasteiger partial charge on any atom is 0.494 e. The Hall–Kier alpha value is -1.53. The lowest BCUT2D eigenvalue weighted by molar-refractivity contribution is 0.00578. The molecule has 0 aromatic heterocycles. The van der Waals surface area contributed by atoms with E-state index in [1.54, 1.807) is 0 Å². The molecule has 4 N–H and O–H groups in total. The molecule has 0 atom stereocenters. The fourth-order valence-corrected chi connectivity index (χ4v) is 1.83. The highest BCUT2D eigenvalue weighted by Gasteiger charge is 2.51. The first-order valence-corrected chi connectivity index (χ1v) is 6.26. The third-order valence-corrected chi connectivity index (χ3v) is 3.68. The van der Waals surface area contributed by atoms with Crippen LogP contribution in [0.15, 0.2) is 29.3 Å². The average Bonchev–Trinajstić information content (AvgIpc) is 2.48. The number of nitrogens with two attached hydrogens (primary N) is 2. The van der Waals surface area contributed by atoms with Gasteiger partial charge in [-0.1, -0.05) is 12.1 Å². The van der Waals surface area contributed by atoms with Crippen molar-refractivity contribution in [2.75, 3.05) is 0 Å². The van der Waals surface area contributed by atoms with Crippen molar-refractivity contribution in [2.45, 2.75) is 38.9 Å². The molecular formula is C13H20BN3O2. The Balaban J connectivity index is 2.19. The van der Waals surface area contributed by atoms with Gasteiger partial charge < -0.3 is 20.8 Å². The molecule has 102 valence electrons. The highest BCUT2D eigenvalue weighted by molar-refractivity contribution is 6.62. The zero-order valence-electron chi connectivity index (χ0n) is 11.8. The molecule has 1 aromatic rings. The Kier molecular flexibility index (Phi) is 3.32. The van der Waals surface area contributed by atoms with Gasteiger partial charge in [0.15, 0.2) is 5.96 Å². The molecule has 1 aliphatic rings. The summed E-state index contributed by atoms with van der Waals surface area (Å²) < 4.78 is 11.9. The number of aliphatic imine (C=N–C) groups is 1. The van der Waals surface area contributed by atoms with Crippen LogP contribution < -0.4 is 16.9 Å². The summed E-state index contributed by atoms with van der Waals surface area (Å²) in [4.78, 5) is 3.97. The lowest BCUT2D eigenvalue weighted by atomic mass is 9.79. The van der Waals surface area contributed by atoms with Crippen molar-refractivity contribution >= 4 is 24.2 Å². The van der Waals surface area contributed by atoms with E-state index in [0.717, 1.165) is 5.46 Å². The van der Waals surface area contributed by atoms with E-state index in [1.807, 2.05) is 52.0 Å². The van der Waals surface area contributed by atoms with E-state index < -0.39 is 0 Å². The van der Waals surface area contributed by atoms with E-state index in [0.29, 0.717) is 5.69 Å². The molecule has 1 aromatic carbocycles. The summed E-state index contributed by atoms with van der Waals surface area (Å²) in [7, 11) is -0.363. The number of benzene rings is 1. The van der Waals surface area contributed by atoms with Crippen LogP contribution in [0.1, 0.15) is 27.7 Å². The highest BCUT2D eigenvalue weighted by Crippen LogP contribution is 2.36. The number of hydrogen-bond acceptors (Lipinski definition) is 3. The predicted molar refractivity (Wildman–Crippen MR) is 77.6 cm³/mol. The molecule has 19 heavy (non-hydrogen) atoms. The van der Waals surface area contributed by atoms with Crippen LogP contribution in [0.4, 0.5) is 5.69 Å². The molecule has 6 heteroatoms. The minimum atomic E-state index is -0.363. The van der Waals surface area contributed by atoms with E-state index in [4.69, 9.17) is 20.8 Å². The van der Waals surface area contributed by atoms with Crippen molar-refractivity contribution in [3.63, 3.8) is 0 Å². The predicted octanol–water partition coefficient (Wildman–Crippen LogP) is 0.891. The van der Waals surface area contributed by atoms with Crippen molar-refractivity contribution in [1.29, 1.82) is 0 Å². The maximum absolute atomic E-state index is 5.96. The summed E-state index contributed by atoms with van der Waals surface area (Å²) in [5, 5.41) is 0. The summed E-state index contributed by atoms with van der Waals surface area (Å²) in [6.45, 7) is 8.11. The zero-order valence-corrected chi connectivity index (χ0v) is 11.8. The highest BCUT2D eigenvalue weighted by atomic mass is 16.7. The molecule has 2 rings (SSSR count). The molecule has 0 radical (unpaired) electrons. The number of hydrogen-bond donors (Lipinski definition) is 2. The normalized spacial score (nSPS) is 20.3. The second kappa shape index (κ2) is 4.54. The van der Waals surface area contributed by atoms with Gasteiger partial charge in [-0.3, -0.25) is 0 Å². The van der Waals surface area contributed by atoms with Crippen molar-refractivity contribution in [3.05, 3.63) is 24.3 Å². The van der Waals surface area contributed by atoms with Crippen LogP contribution in [0, 0.1) is 0 Å².